The summed E-state index contributed by atoms with van der Waals surface area (Å²) in [4.78, 5) is 0.0216. The highest BCUT2D eigenvalue weighted by Crippen LogP contribution is 2.29. The van der Waals surface area contributed by atoms with Crippen molar-refractivity contribution in [3.63, 3.8) is 0 Å². The van der Waals surface area contributed by atoms with Crippen LogP contribution in [-0.4, -0.2) is 21.4 Å². The maximum absolute atomic E-state index is 12.8. The smallest absolute Gasteiger partial charge is 0.273 e. The Morgan fingerprint density at radius 1 is 0.864 bits per heavy atom. The lowest BCUT2D eigenvalue weighted by molar-refractivity contribution is 0.501. The molecule has 0 saturated heterocycles. The second-order valence-corrected chi connectivity index (χ2v) is 8.38. The molecule has 0 aliphatic heterocycles. The van der Waals surface area contributed by atoms with E-state index in [1.165, 1.54) is 30.3 Å². The first-order chi connectivity index (χ1) is 9.98. The molecule has 0 saturated carbocycles. The van der Waals surface area contributed by atoms with Crippen molar-refractivity contribution >= 4 is 39.7 Å². The Morgan fingerprint density at radius 2 is 1.32 bits per heavy atom. The molecule has 2 rings (SSSR count). The Labute approximate surface area is 136 Å². The van der Waals surface area contributed by atoms with E-state index in [4.69, 9.17) is 23.7 Å². The van der Waals surface area contributed by atoms with E-state index in [1.54, 1.807) is 18.2 Å². The second-order valence-electron chi connectivity index (χ2n) is 3.85. The average molecular weight is 387 g/mol. The molecule has 22 heavy (non-hydrogen) atoms. The van der Waals surface area contributed by atoms with Gasteiger partial charge in [-0.3, -0.25) is 4.55 Å². The first-order valence-corrected chi connectivity index (χ1v) is 10.0. The zero-order valence-corrected chi connectivity index (χ0v) is 13.8. The molecule has 1 N–H and O–H groups in total. The SMILES string of the molecule is O=S(=O)(Cl)c1ccccc1-c1ccc(F)cc1.O=S(=O)(O)Cl. The summed E-state index contributed by atoms with van der Waals surface area (Å²) < 4.78 is 60.7. The average Bonchev–Trinajstić information content (AvgIpc) is 2.37. The molecule has 0 aliphatic carbocycles. The molecule has 0 spiro atoms. The van der Waals surface area contributed by atoms with Gasteiger partial charge in [0.2, 0.25) is 0 Å². The third-order valence-corrected chi connectivity index (χ3v) is 3.69. The van der Waals surface area contributed by atoms with Crippen LogP contribution in [0, 0.1) is 5.82 Å². The lowest BCUT2D eigenvalue weighted by Gasteiger charge is -2.06. The van der Waals surface area contributed by atoms with E-state index in [1.807, 2.05) is 0 Å². The molecule has 120 valence electrons. The number of rotatable bonds is 2. The first kappa shape index (κ1) is 18.9. The number of benzene rings is 2. The van der Waals surface area contributed by atoms with Crippen molar-refractivity contribution in [2.24, 2.45) is 0 Å². The van der Waals surface area contributed by atoms with Gasteiger partial charge in [-0.05, 0) is 23.8 Å². The monoisotopic (exact) mass is 386 g/mol. The number of halogens is 3. The fraction of sp³-hybridized carbons (Fsp3) is 0. The lowest BCUT2D eigenvalue weighted by Crippen LogP contribution is -1.94. The van der Waals surface area contributed by atoms with E-state index in [9.17, 15) is 12.8 Å². The molecule has 0 unspecified atom stereocenters. The van der Waals surface area contributed by atoms with Gasteiger partial charge in [-0.25, -0.2) is 12.8 Å². The molecule has 2 aromatic carbocycles. The van der Waals surface area contributed by atoms with Crippen LogP contribution >= 0.6 is 21.4 Å². The molecule has 2 aromatic rings. The molecule has 0 bridgehead atoms. The third-order valence-electron chi connectivity index (χ3n) is 2.30. The van der Waals surface area contributed by atoms with Gasteiger partial charge in [0.1, 0.15) is 5.82 Å². The predicted molar refractivity (Wildman–Crippen MR) is 82.3 cm³/mol. The molecule has 0 heterocycles. The minimum absolute atomic E-state index is 0.0216. The molecular weight excluding hydrogens is 378 g/mol. The Hall–Kier alpha value is -1.19. The molecular formula is C12H9Cl2FO5S2. The van der Waals surface area contributed by atoms with Gasteiger partial charge in [-0.1, -0.05) is 30.3 Å². The van der Waals surface area contributed by atoms with Crippen molar-refractivity contribution in [1.82, 2.24) is 0 Å². The second kappa shape index (κ2) is 7.38. The molecule has 0 radical (unpaired) electrons. The van der Waals surface area contributed by atoms with Crippen LogP contribution < -0.4 is 0 Å². The predicted octanol–water partition coefficient (Wildman–Crippen LogP) is 3.45. The van der Waals surface area contributed by atoms with Gasteiger partial charge < -0.3 is 0 Å². The quantitative estimate of drug-likeness (QED) is 0.630. The maximum atomic E-state index is 12.8. The van der Waals surface area contributed by atoms with Crippen LogP contribution in [0.1, 0.15) is 0 Å². The van der Waals surface area contributed by atoms with Gasteiger partial charge in [0.05, 0.1) is 4.90 Å². The van der Waals surface area contributed by atoms with Crippen molar-refractivity contribution in [1.29, 1.82) is 0 Å². The van der Waals surface area contributed by atoms with Crippen LogP contribution in [0.4, 0.5) is 4.39 Å². The van der Waals surface area contributed by atoms with Crippen LogP contribution in [-0.2, 0) is 18.4 Å². The minimum atomic E-state index is -4.19. The fourth-order valence-electron chi connectivity index (χ4n) is 1.55. The highest BCUT2D eigenvalue weighted by atomic mass is 35.7. The van der Waals surface area contributed by atoms with Gasteiger partial charge >= 0.3 is 9.33 Å². The highest BCUT2D eigenvalue weighted by Gasteiger charge is 2.15. The Bertz CT molecular complexity index is 841. The maximum Gasteiger partial charge on any atom is 0.353 e. The van der Waals surface area contributed by atoms with Gasteiger partial charge in [0.15, 0.2) is 0 Å². The molecule has 0 aliphatic rings. The van der Waals surface area contributed by atoms with Crippen LogP contribution in [0.2, 0.25) is 0 Å². The van der Waals surface area contributed by atoms with Crippen LogP contribution in [0.5, 0.6) is 0 Å². The van der Waals surface area contributed by atoms with Crippen LogP contribution in [0.3, 0.4) is 0 Å². The normalized spacial score (nSPS) is 11.5. The Kier molecular flexibility index (Phi) is 6.33. The molecule has 0 amide bonds. The summed E-state index contributed by atoms with van der Waals surface area (Å²) in [5.41, 5.74) is 1.06. The van der Waals surface area contributed by atoms with Crippen molar-refractivity contribution in [2.45, 2.75) is 4.90 Å². The van der Waals surface area contributed by atoms with E-state index >= 15 is 0 Å². The van der Waals surface area contributed by atoms with Gasteiger partial charge in [-0.15, -0.1) is 0 Å². The van der Waals surface area contributed by atoms with E-state index in [0.717, 1.165) is 0 Å². The summed E-state index contributed by atoms with van der Waals surface area (Å²) in [6, 6.07) is 11.9. The molecule has 0 atom stereocenters. The number of hydrogen-bond acceptors (Lipinski definition) is 4. The van der Waals surface area contributed by atoms with Crippen LogP contribution in [0.25, 0.3) is 11.1 Å². The van der Waals surface area contributed by atoms with E-state index < -0.39 is 18.4 Å². The summed E-state index contributed by atoms with van der Waals surface area (Å²) in [7, 11) is 1.39. The number of hydrogen-bond donors (Lipinski definition) is 1. The fourth-order valence-corrected chi connectivity index (χ4v) is 2.64. The van der Waals surface area contributed by atoms with Gasteiger partial charge in [-0.2, -0.15) is 8.42 Å². The van der Waals surface area contributed by atoms with Crippen molar-refractivity contribution in [2.75, 3.05) is 0 Å². The summed E-state index contributed by atoms with van der Waals surface area (Å²) in [6.07, 6.45) is 0. The summed E-state index contributed by atoms with van der Waals surface area (Å²) >= 11 is 0. The zero-order chi connectivity index (χ0) is 17.0. The Balaban J connectivity index is 0.000000422. The zero-order valence-electron chi connectivity index (χ0n) is 10.6. The van der Waals surface area contributed by atoms with E-state index in [2.05, 4.69) is 10.7 Å². The van der Waals surface area contributed by atoms with Gasteiger partial charge in [0.25, 0.3) is 9.05 Å². The van der Waals surface area contributed by atoms with Crippen LogP contribution in [0.15, 0.2) is 53.4 Å². The summed E-state index contributed by atoms with van der Waals surface area (Å²) in [5, 5.41) is 0. The molecule has 5 nitrogen and oxygen atoms in total. The van der Waals surface area contributed by atoms with Crippen molar-refractivity contribution < 1.29 is 25.8 Å². The van der Waals surface area contributed by atoms with Crippen molar-refractivity contribution in [3.05, 3.63) is 54.3 Å². The van der Waals surface area contributed by atoms with Crippen molar-refractivity contribution in [3.8, 4) is 11.1 Å². The first-order valence-electron chi connectivity index (χ1n) is 5.45. The molecule has 0 aromatic heterocycles. The minimum Gasteiger partial charge on any atom is -0.273 e. The molecule has 0 fully saturated rings. The lowest BCUT2D eigenvalue weighted by atomic mass is 10.1. The summed E-state index contributed by atoms with van der Waals surface area (Å²) in [5.74, 6) is -0.375. The summed E-state index contributed by atoms with van der Waals surface area (Å²) in [6.45, 7) is 0. The largest absolute Gasteiger partial charge is 0.353 e. The highest BCUT2D eigenvalue weighted by molar-refractivity contribution is 8.13. The van der Waals surface area contributed by atoms with E-state index in [-0.39, 0.29) is 10.7 Å². The van der Waals surface area contributed by atoms with E-state index in [0.29, 0.717) is 11.1 Å². The topological polar surface area (TPSA) is 88.5 Å². The Morgan fingerprint density at radius 3 is 1.77 bits per heavy atom. The standard InChI is InChI=1S/C12H8ClFO2S.ClHO3S/c13-17(15,16)12-4-2-1-3-11(12)9-5-7-10(14)8-6-9;1-5(2,3)4/h1-8H;(H,2,3,4). The van der Waals surface area contributed by atoms with Gasteiger partial charge in [0, 0.05) is 26.9 Å². The third kappa shape index (κ3) is 6.71. The molecule has 10 heteroatoms.